The fourth-order valence-corrected chi connectivity index (χ4v) is 4.22. The van der Waals surface area contributed by atoms with Crippen LogP contribution >= 0.6 is 0 Å². The maximum atomic E-state index is 13.8. The number of piperidine rings is 1. The molecule has 6 rings (SSSR count). The number of hydrogen-bond acceptors (Lipinski definition) is 6. The third-order valence-electron chi connectivity index (χ3n) is 5.29. The summed E-state index contributed by atoms with van der Waals surface area (Å²) in [5.41, 5.74) is 1.76. The van der Waals surface area contributed by atoms with Gasteiger partial charge in [-0.15, -0.1) is 0 Å². The number of benzene rings is 1. The van der Waals surface area contributed by atoms with Crippen molar-refractivity contribution in [2.24, 2.45) is 0 Å². The van der Waals surface area contributed by atoms with Crippen molar-refractivity contribution in [3.05, 3.63) is 47.9 Å². The maximum absolute atomic E-state index is 13.8. The minimum absolute atomic E-state index is 0.257. The molecule has 7 heteroatoms. The Hall–Kier alpha value is -2.83. The van der Waals surface area contributed by atoms with Crippen molar-refractivity contribution in [2.75, 3.05) is 22.9 Å². The van der Waals surface area contributed by atoms with Gasteiger partial charge >= 0.3 is 0 Å². The second kappa shape index (κ2) is 5.59. The number of halogens is 1. The van der Waals surface area contributed by atoms with E-state index in [4.69, 9.17) is 0 Å². The molecule has 0 N–H and O–H groups in total. The number of rotatable bonds is 2. The molecule has 2 aromatic heterocycles. The summed E-state index contributed by atoms with van der Waals surface area (Å²) in [6.45, 7) is 5.69. The number of aromatic nitrogens is 4. The average Bonchev–Trinajstić information content (AvgIpc) is 2.61. The number of aryl methyl sites for hydroxylation is 2. The normalized spacial score (nSPS) is 21.8. The van der Waals surface area contributed by atoms with Crippen molar-refractivity contribution in [3.8, 4) is 0 Å². The Kier molecular flexibility index (Phi) is 3.32. The molecule has 3 saturated heterocycles. The molecule has 6 nitrogen and oxygen atoms in total. The molecule has 2 unspecified atom stereocenters. The minimum atomic E-state index is -0.257. The van der Waals surface area contributed by atoms with Gasteiger partial charge in [0.1, 0.15) is 29.6 Å². The lowest BCUT2D eigenvalue weighted by Gasteiger charge is -2.57. The summed E-state index contributed by atoms with van der Waals surface area (Å²) in [6, 6.07) is 7.43. The zero-order valence-electron chi connectivity index (χ0n) is 14.7. The van der Waals surface area contributed by atoms with Crippen LogP contribution in [0.4, 0.5) is 16.0 Å². The van der Waals surface area contributed by atoms with Crippen LogP contribution in [0.25, 0.3) is 10.9 Å². The van der Waals surface area contributed by atoms with Crippen LogP contribution in [0.15, 0.2) is 30.6 Å². The summed E-state index contributed by atoms with van der Waals surface area (Å²) in [5, 5.41) is 0.782. The number of piperazine rings is 1. The topological polar surface area (TPSA) is 58.0 Å². The second-order valence-corrected chi connectivity index (χ2v) is 7.13. The fourth-order valence-electron chi connectivity index (χ4n) is 4.22. The van der Waals surface area contributed by atoms with Gasteiger partial charge in [-0.3, -0.25) is 0 Å². The van der Waals surface area contributed by atoms with Crippen LogP contribution in [0, 0.1) is 19.7 Å². The SMILES string of the molecule is Cc1cc(N2CC3CC(C2)N3c2ncnc3ccc(F)cc23)nc(C)n1. The molecule has 0 amide bonds. The van der Waals surface area contributed by atoms with Gasteiger partial charge in [-0.2, -0.15) is 0 Å². The number of anilines is 2. The number of nitrogens with zero attached hydrogens (tertiary/aromatic N) is 6. The van der Waals surface area contributed by atoms with Crippen LogP contribution in [0.3, 0.4) is 0 Å². The fraction of sp³-hybridized carbons (Fsp3) is 0.368. The number of fused-ring (bicyclic) bond motifs is 3. The van der Waals surface area contributed by atoms with E-state index >= 15 is 0 Å². The molecule has 3 aliphatic rings. The molecule has 2 bridgehead atoms. The van der Waals surface area contributed by atoms with Crippen LogP contribution in [0.5, 0.6) is 0 Å². The molecule has 0 saturated carbocycles. The molecule has 26 heavy (non-hydrogen) atoms. The highest BCUT2D eigenvalue weighted by Crippen LogP contribution is 2.39. The Labute approximate surface area is 150 Å². The number of hydrogen-bond donors (Lipinski definition) is 0. The summed E-state index contributed by atoms with van der Waals surface area (Å²) in [5.74, 6) is 2.37. The first-order valence-electron chi connectivity index (χ1n) is 8.84. The van der Waals surface area contributed by atoms with E-state index < -0.39 is 0 Å². The van der Waals surface area contributed by atoms with Crippen molar-refractivity contribution in [1.29, 1.82) is 0 Å². The highest BCUT2D eigenvalue weighted by molar-refractivity contribution is 5.90. The first kappa shape index (κ1) is 15.4. The monoisotopic (exact) mass is 350 g/mol. The Morgan fingerprint density at radius 3 is 2.62 bits per heavy atom. The standard InChI is InChI=1S/C19H19FN6/c1-11-5-18(24-12(2)23-11)25-8-14-7-15(9-25)26(14)19-16-6-13(20)3-4-17(16)21-10-22-19/h3-6,10,14-15H,7-9H2,1-2H3. The van der Waals surface area contributed by atoms with E-state index in [1.54, 1.807) is 12.4 Å². The summed E-state index contributed by atoms with van der Waals surface area (Å²) < 4.78 is 13.8. The van der Waals surface area contributed by atoms with Crippen LogP contribution < -0.4 is 9.80 Å². The zero-order chi connectivity index (χ0) is 17.8. The molecule has 0 radical (unpaired) electrons. The Morgan fingerprint density at radius 1 is 1.04 bits per heavy atom. The summed E-state index contributed by atoms with van der Waals surface area (Å²) in [6.07, 6.45) is 2.69. The van der Waals surface area contributed by atoms with Crippen LogP contribution in [-0.4, -0.2) is 45.1 Å². The molecule has 3 fully saturated rings. The van der Waals surface area contributed by atoms with Crippen molar-refractivity contribution >= 4 is 22.5 Å². The maximum Gasteiger partial charge on any atom is 0.140 e. The molecule has 3 aromatic rings. The van der Waals surface area contributed by atoms with E-state index in [0.717, 1.165) is 53.6 Å². The van der Waals surface area contributed by atoms with Crippen LogP contribution in [-0.2, 0) is 0 Å². The Morgan fingerprint density at radius 2 is 1.85 bits per heavy atom. The van der Waals surface area contributed by atoms with Crippen LogP contribution in [0.2, 0.25) is 0 Å². The van der Waals surface area contributed by atoms with E-state index in [1.807, 2.05) is 19.9 Å². The van der Waals surface area contributed by atoms with Crippen molar-refractivity contribution in [2.45, 2.75) is 32.4 Å². The lowest BCUT2D eigenvalue weighted by molar-refractivity contribution is 0.288. The van der Waals surface area contributed by atoms with Crippen LogP contribution in [0.1, 0.15) is 17.9 Å². The molecule has 2 atom stereocenters. The third kappa shape index (κ3) is 2.38. The van der Waals surface area contributed by atoms with Gasteiger partial charge in [-0.25, -0.2) is 24.3 Å². The average molecular weight is 350 g/mol. The van der Waals surface area contributed by atoms with Crippen molar-refractivity contribution in [3.63, 3.8) is 0 Å². The highest BCUT2D eigenvalue weighted by atomic mass is 19.1. The predicted octanol–water partition coefficient (Wildman–Crippen LogP) is 2.64. The molecule has 3 aliphatic heterocycles. The summed E-state index contributed by atoms with van der Waals surface area (Å²) in [7, 11) is 0. The van der Waals surface area contributed by atoms with Gasteiger partial charge in [0.25, 0.3) is 0 Å². The van der Waals surface area contributed by atoms with E-state index in [0.29, 0.717) is 12.1 Å². The molecule has 5 heterocycles. The van der Waals surface area contributed by atoms with Gasteiger partial charge in [-0.1, -0.05) is 0 Å². The predicted molar refractivity (Wildman–Crippen MR) is 97.9 cm³/mol. The van der Waals surface area contributed by atoms with E-state index in [9.17, 15) is 4.39 Å². The lowest BCUT2D eigenvalue weighted by atomic mass is 9.87. The third-order valence-corrected chi connectivity index (χ3v) is 5.29. The zero-order valence-corrected chi connectivity index (χ0v) is 14.7. The van der Waals surface area contributed by atoms with Gasteiger partial charge in [0.05, 0.1) is 17.6 Å². The highest BCUT2D eigenvalue weighted by Gasteiger charge is 2.46. The quantitative estimate of drug-likeness (QED) is 0.708. The van der Waals surface area contributed by atoms with Gasteiger partial charge in [0.15, 0.2) is 0 Å². The van der Waals surface area contributed by atoms with E-state index in [-0.39, 0.29) is 5.82 Å². The lowest BCUT2D eigenvalue weighted by Crippen LogP contribution is -2.69. The first-order valence-corrected chi connectivity index (χ1v) is 8.84. The van der Waals surface area contributed by atoms with Gasteiger partial charge in [0.2, 0.25) is 0 Å². The van der Waals surface area contributed by atoms with Gasteiger partial charge in [0, 0.05) is 30.2 Å². The largest absolute Gasteiger partial charge is 0.352 e. The summed E-state index contributed by atoms with van der Waals surface area (Å²) >= 11 is 0. The molecule has 0 spiro atoms. The Bertz CT molecular complexity index is 974. The van der Waals surface area contributed by atoms with Crippen molar-refractivity contribution < 1.29 is 4.39 Å². The minimum Gasteiger partial charge on any atom is -0.352 e. The smallest absolute Gasteiger partial charge is 0.140 e. The summed E-state index contributed by atoms with van der Waals surface area (Å²) in [4.78, 5) is 22.3. The van der Waals surface area contributed by atoms with Gasteiger partial charge < -0.3 is 9.80 Å². The molecule has 132 valence electrons. The molecular formula is C19H19FN6. The van der Waals surface area contributed by atoms with Crippen molar-refractivity contribution in [1.82, 2.24) is 19.9 Å². The molecule has 0 aliphatic carbocycles. The second-order valence-electron chi connectivity index (χ2n) is 7.13. The first-order chi connectivity index (χ1) is 12.6. The van der Waals surface area contributed by atoms with E-state index in [1.165, 1.54) is 12.1 Å². The van der Waals surface area contributed by atoms with E-state index in [2.05, 4.69) is 29.7 Å². The Balaban J connectivity index is 1.46. The molecular weight excluding hydrogens is 331 g/mol. The van der Waals surface area contributed by atoms with Gasteiger partial charge in [-0.05, 0) is 38.5 Å². The molecule has 1 aromatic carbocycles.